The Kier molecular flexibility index (Phi) is 59.3. The molecule has 0 aromatic heterocycles. The van der Waals surface area contributed by atoms with Gasteiger partial charge in [-0.2, -0.15) is 0 Å². The SMILES string of the molecule is CC/C=C\C/C=C\C/C=C\C/C=C\CCCCCCCCCCCCCCCCCCC(=O)OCC(COC(=O)CCCCCCC/C=C\CCCC)OC(=O)CCCCCCC/C=C\C/C=C\CCCCCC. The topological polar surface area (TPSA) is 78.9 Å². The molecule has 1 atom stereocenters. The van der Waals surface area contributed by atoms with Crippen LogP contribution in [0.5, 0.6) is 0 Å². The highest BCUT2D eigenvalue weighted by molar-refractivity contribution is 5.71. The van der Waals surface area contributed by atoms with Gasteiger partial charge in [-0.05, 0) is 109 Å². The minimum atomic E-state index is -0.786. The Hall–Kier alpha value is -3.41. The lowest BCUT2D eigenvalue weighted by molar-refractivity contribution is -0.167. The van der Waals surface area contributed by atoms with Gasteiger partial charge in [0.25, 0.3) is 0 Å². The van der Waals surface area contributed by atoms with Crippen LogP contribution in [0.3, 0.4) is 0 Å². The molecule has 74 heavy (non-hydrogen) atoms. The summed E-state index contributed by atoms with van der Waals surface area (Å²) < 4.78 is 16.9. The highest BCUT2D eigenvalue weighted by atomic mass is 16.6. The van der Waals surface area contributed by atoms with E-state index in [-0.39, 0.29) is 31.1 Å². The largest absolute Gasteiger partial charge is 0.462 e. The Balaban J connectivity index is 4.19. The fraction of sp³-hybridized carbons (Fsp3) is 0.750. The van der Waals surface area contributed by atoms with Gasteiger partial charge in [-0.1, -0.05) is 266 Å². The third-order valence-corrected chi connectivity index (χ3v) is 13.6. The molecule has 0 aromatic carbocycles. The summed E-state index contributed by atoms with van der Waals surface area (Å²) in [6.45, 7) is 6.48. The monoisotopic (exact) mass is 1030 g/mol. The first kappa shape index (κ1) is 70.6. The molecule has 0 N–H and O–H groups in total. The normalized spacial score (nSPS) is 12.6. The number of rotatable bonds is 57. The van der Waals surface area contributed by atoms with Crippen molar-refractivity contribution in [3.63, 3.8) is 0 Å². The lowest BCUT2D eigenvalue weighted by atomic mass is 10.0. The Morgan fingerprint density at radius 2 is 0.541 bits per heavy atom. The molecule has 0 aliphatic carbocycles. The summed E-state index contributed by atoms with van der Waals surface area (Å²) >= 11 is 0. The summed E-state index contributed by atoms with van der Waals surface area (Å²) in [4.78, 5) is 38.2. The van der Waals surface area contributed by atoms with Gasteiger partial charge in [0.2, 0.25) is 0 Å². The lowest BCUT2D eigenvalue weighted by Gasteiger charge is -2.18. The summed E-state index contributed by atoms with van der Waals surface area (Å²) in [7, 11) is 0. The smallest absolute Gasteiger partial charge is 0.306 e. The van der Waals surface area contributed by atoms with Crippen molar-refractivity contribution < 1.29 is 28.6 Å². The quantitative estimate of drug-likeness (QED) is 0.0261. The lowest BCUT2D eigenvalue weighted by Crippen LogP contribution is -2.30. The van der Waals surface area contributed by atoms with Crippen LogP contribution in [0.25, 0.3) is 0 Å². The third kappa shape index (κ3) is 59.5. The standard InChI is InChI=1S/C68H118O6/c1-4-7-10-13-16-19-22-24-26-28-29-30-31-32-33-34-35-36-37-38-39-40-42-43-46-49-52-55-58-61-67(70)73-64-65(63-72-66(69)60-57-54-51-48-45-21-18-15-12-9-6-3)74-68(71)62-59-56-53-50-47-44-41-27-25-23-20-17-14-11-8-5-2/h7,10,15-16,18-20,23-24,26-27,29-30,41,65H,4-6,8-9,11-14,17,21-22,25,28,31-40,42-64H2,1-3H3/b10-7-,18-15-,19-16-,23-20-,26-24-,30-29-,41-27-. The van der Waals surface area contributed by atoms with Crippen molar-refractivity contribution in [3.05, 3.63) is 85.1 Å². The van der Waals surface area contributed by atoms with Crippen LogP contribution in [0.4, 0.5) is 0 Å². The van der Waals surface area contributed by atoms with Gasteiger partial charge in [0.15, 0.2) is 6.10 Å². The molecule has 0 saturated heterocycles. The number of carbonyl (C=O) groups is 3. The zero-order valence-electron chi connectivity index (χ0n) is 48.8. The average molecular weight is 1030 g/mol. The summed E-state index contributed by atoms with van der Waals surface area (Å²) in [5, 5.41) is 0. The molecule has 6 nitrogen and oxygen atoms in total. The van der Waals surface area contributed by atoms with E-state index in [9.17, 15) is 14.4 Å². The van der Waals surface area contributed by atoms with E-state index in [1.54, 1.807) is 0 Å². The summed E-state index contributed by atoms with van der Waals surface area (Å²) in [6, 6.07) is 0. The Labute approximate surface area is 458 Å². The Morgan fingerprint density at radius 1 is 0.284 bits per heavy atom. The van der Waals surface area contributed by atoms with Gasteiger partial charge in [0.05, 0.1) is 0 Å². The molecule has 0 fully saturated rings. The highest BCUT2D eigenvalue weighted by Gasteiger charge is 2.19. The summed E-state index contributed by atoms with van der Waals surface area (Å²) in [5.74, 6) is -0.896. The first-order valence-electron chi connectivity index (χ1n) is 31.6. The number of hydrogen-bond acceptors (Lipinski definition) is 6. The van der Waals surface area contributed by atoms with Crippen LogP contribution < -0.4 is 0 Å². The predicted molar refractivity (Wildman–Crippen MR) is 321 cm³/mol. The maximum atomic E-state index is 12.9. The van der Waals surface area contributed by atoms with Crippen LogP contribution in [0.1, 0.15) is 310 Å². The van der Waals surface area contributed by atoms with Crippen molar-refractivity contribution in [2.24, 2.45) is 0 Å². The van der Waals surface area contributed by atoms with Crippen LogP contribution in [0, 0.1) is 0 Å². The molecule has 0 radical (unpaired) electrons. The molecule has 1 unspecified atom stereocenters. The van der Waals surface area contributed by atoms with Crippen molar-refractivity contribution in [2.75, 3.05) is 13.2 Å². The van der Waals surface area contributed by atoms with Crippen molar-refractivity contribution in [2.45, 2.75) is 316 Å². The van der Waals surface area contributed by atoms with Gasteiger partial charge in [-0.3, -0.25) is 14.4 Å². The molecule has 0 spiro atoms. The minimum absolute atomic E-state index is 0.0826. The van der Waals surface area contributed by atoms with Crippen LogP contribution in [-0.4, -0.2) is 37.2 Å². The van der Waals surface area contributed by atoms with Crippen molar-refractivity contribution in [3.8, 4) is 0 Å². The molecule has 6 heteroatoms. The van der Waals surface area contributed by atoms with Gasteiger partial charge in [0, 0.05) is 19.3 Å². The molecular formula is C68H118O6. The van der Waals surface area contributed by atoms with Crippen LogP contribution >= 0.6 is 0 Å². The molecule has 0 amide bonds. The molecule has 0 saturated carbocycles. The number of ether oxygens (including phenoxy) is 3. The van der Waals surface area contributed by atoms with Crippen molar-refractivity contribution >= 4 is 17.9 Å². The number of hydrogen-bond donors (Lipinski definition) is 0. The van der Waals surface area contributed by atoms with Gasteiger partial charge in [-0.25, -0.2) is 0 Å². The maximum Gasteiger partial charge on any atom is 0.306 e. The zero-order chi connectivity index (χ0) is 53.6. The Bertz CT molecular complexity index is 1420. The fourth-order valence-electron chi connectivity index (χ4n) is 8.86. The molecule has 0 heterocycles. The Morgan fingerprint density at radius 3 is 0.878 bits per heavy atom. The van der Waals surface area contributed by atoms with Crippen LogP contribution in [0.2, 0.25) is 0 Å². The first-order chi connectivity index (χ1) is 36.5. The molecule has 0 aromatic rings. The first-order valence-corrected chi connectivity index (χ1v) is 31.6. The predicted octanol–water partition coefficient (Wildman–Crippen LogP) is 21.5. The molecule has 0 aliphatic heterocycles. The minimum Gasteiger partial charge on any atom is -0.462 e. The second kappa shape index (κ2) is 62.1. The van der Waals surface area contributed by atoms with Gasteiger partial charge < -0.3 is 14.2 Å². The second-order valence-corrected chi connectivity index (χ2v) is 20.9. The summed E-state index contributed by atoms with van der Waals surface area (Å²) in [6.07, 6.45) is 81.7. The van der Waals surface area contributed by atoms with Crippen LogP contribution in [-0.2, 0) is 28.6 Å². The van der Waals surface area contributed by atoms with Crippen LogP contribution in [0.15, 0.2) is 85.1 Å². The molecule has 426 valence electrons. The third-order valence-electron chi connectivity index (χ3n) is 13.6. The van der Waals surface area contributed by atoms with E-state index in [4.69, 9.17) is 14.2 Å². The number of allylic oxidation sites excluding steroid dienone is 14. The van der Waals surface area contributed by atoms with E-state index in [1.165, 1.54) is 154 Å². The van der Waals surface area contributed by atoms with E-state index in [1.807, 2.05) is 0 Å². The second-order valence-electron chi connectivity index (χ2n) is 20.9. The van der Waals surface area contributed by atoms with Gasteiger partial charge in [0.1, 0.15) is 13.2 Å². The number of carbonyl (C=O) groups excluding carboxylic acids is 3. The molecule has 0 aliphatic rings. The van der Waals surface area contributed by atoms with E-state index in [2.05, 4.69) is 106 Å². The molecular weight excluding hydrogens is 913 g/mol. The molecule has 0 rings (SSSR count). The van der Waals surface area contributed by atoms with E-state index in [0.29, 0.717) is 19.3 Å². The average Bonchev–Trinajstić information content (AvgIpc) is 3.40. The number of esters is 3. The maximum absolute atomic E-state index is 12.9. The van der Waals surface area contributed by atoms with Gasteiger partial charge in [-0.15, -0.1) is 0 Å². The zero-order valence-corrected chi connectivity index (χ0v) is 48.8. The van der Waals surface area contributed by atoms with Crippen molar-refractivity contribution in [1.29, 1.82) is 0 Å². The summed E-state index contributed by atoms with van der Waals surface area (Å²) in [5.41, 5.74) is 0. The fourth-order valence-corrected chi connectivity index (χ4v) is 8.86. The van der Waals surface area contributed by atoms with E-state index < -0.39 is 6.10 Å². The van der Waals surface area contributed by atoms with E-state index in [0.717, 1.165) is 116 Å². The van der Waals surface area contributed by atoms with E-state index >= 15 is 0 Å². The molecule has 0 bridgehead atoms. The van der Waals surface area contributed by atoms with Gasteiger partial charge >= 0.3 is 17.9 Å². The van der Waals surface area contributed by atoms with Crippen molar-refractivity contribution in [1.82, 2.24) is 0 Å². The highest BCUT2D eigenvalue weighted by Crippen LogP contribution is 2.16. The number of unbranched alkanes of at least 4 members (excludes halogenated alkanes) is 32.